The third-order valence-electron chi connectivity index (χ3n) is 4.82. The van der Waals surface area contributed by atoms with Gasteiger partial charge in [-0.15, -0.1) is 0 Å². The Morgan fingerprint density at radius 2 is 1.84 bits per heavy atom. The molecule has 0 unspecified atom stereocenters. The van der Waals surface area contributed by atoms with E-state index in [9.17, 15) is 9.18 Å². The summed E-state index contributed by atoms with van der Waals surface area (Å²) in [6.45, 7) is 2.78. The van der Waals surface area contributed by atoms with E-state index in [4.69, 9.17) is 0 Å². The first-order valence-electron chi connectivity index (χ1n) is 8.54. The number of nitrogens with one attached hydrogen (secondary N) is 1. The molecule has 0 bridgehead atoms. The number of benzene rings is 2. The van der Waals surface area contributed by atoms with Crippen molar-refractivity contribution in [1.82, 2.24) is 9.88 Å². The zero-order valence-electron chi connectivity index (χ0n) is 13.9. The molecule has 2 aromatic carbocycles. The van der Waals surface area contributed by atoms with Crippen molar-refractivity contribution in [2.45, 2.75) is 6.42 Å². The average Bonchev–Trinajstić information content (AvgIpc) is 3.05. The van der Waals surface area contributed by atoms with Crippen LogP contribution in [0, 0.1) is 5.82 Å². The van der Waals surface area contributed by atoms with Gasteiger partial charge < -0.3 is 14.8 Å². The number of aromatic amines is 1. The Bertz CT molecular complexity index is 897. The SMILES string of the molecule is O=C(Cc1c[nH]c2ccccc12)N1CCN(c2cccc(F)c2)CC1. The number of hydrogen-bond acceptors (Lipinski definition) is 2. The fourth-order valence-electron chi connectivity index (χ4n) is 3.44. The van der Waals surface area contributed by atoms with Gasteiger partial charge in [-0.05, 0) is 29.8 Å². The third-order valence-corrected chi connectivity index (χ3v) is 4.82. The first kappa shape index (κ1) is 15.7. The van der Waals surface area contributed by atoms with Gasteiger partial charge in [-0.2, -0.15) is 0 Å². The van der Waals surface area contributed by atoms with Gasteiger partial charge in [0.2, 0.25) is 5.91 Å². The van der Waals surface area contributed by atoms with Crippen LogP contribution in [0.1, 0.15) is 5.56 Å². The summed E-state index contributed by atoms with van der Waals surface area (Å²) in [6.07, 6.45) is 2.33. The molecule has 5 heteroatoms. The van der Waals surface area contributed by atoms with E-state index in [1.165, 1.54) is 6.07 Å². The highest BCUT2D eigenvalue weighted by atomic mass is 19.1. The molecule has 1 N–H and O–H groups in total. The van der Waals surface area contributed by atoms with Crippen LogP contribution in [0.25, 0.3) is 10.9 Å². The number of aromatic nitrogens is 1. The zero-order chi connectivity index (χ0) is 17.2. The van der Waals surface area contributed by atoms with Gasteiger partial charge in [0.25, 0.3) is 0 Å². The summed E-state index contributed by atoms with van der Waals surface area (Å²) in [5.74, 6) is -0.0843. The van der Waals surface area contributed by atoms with Gasteiger partial charge in [0.15, 0.2) is 0 Å². The molecule has 1 fully saturated rings. The summed E-state index contributed by atoms with van der Waals surface area (Å²) in [6, 6.07) is 14.6. The highest BCUT2D eigenvalue weighted by Crippen LogP contribution is 2.20. The minimum atomic E-state index is -0.227. The van der Waals surface area contributed by atoms with E-state index < -0.39 is 0 Å². The van der Waals surface area contributed by atoms with Gasteiger partial charge in [0.05, 0.1) is 6.42 Å². The molecule has 2 heterocycles. The molecule has 0 spiro atoms. The van der Waals surface area contributed by atoms with E-state index in [1.807, 2.05) is 41.4 Å². The van der Waals surface area contributed by atoms with E-state index >= 15 is 0 Å². The predicted octanol–water partition coefficient (Wildman–Crippen LogP) is 3.20. The van der Waals surface area contributed by atoms with Gasteiger partial charge in [0, 0.05) is 49.0 Å². The van der Waals surface area contributed by atoms with Crippen LogP contribution in [-0.4, -0.2) is 42.0 Å². The molecule has 0 atom stereocenters. The Morgan fingerprint density at radius 3 is 2.64 bits per heavy atom. The highest BCUT2D eigenvalue weighted by Gasteiger charge is 2.22. The number of anilines is 1. The maximum absolute atomic E-state index is 13.4. The van der Waals surface area contributed by atoms with Gasteiger partial charge in [-0.1, -0.05) is 24.3 Å². The molecule has 1 saturated heterocycles. The van der Waals surface area contributed by atoms with Crippen molar-refractivity contribution in [3.05, 3.63) is 66.1 Å². The summed E-state index contributed by atoms with van der Waals surface area (Å²) < 4.78 is 13.4. The molecule has 1 aromatic heterocycles. The molecular formula is C20H20FN3O. The van der Waals surface area contributed by atoms with Crippen LogP contribution in [0.15, 0.2) is 54.7 Å². The molecule has 1 aliphatic rings. The number of nitrogens with zero attached hydrogens (tertiary/aromatic N) is 2. The smallest absolute Gasteiger partial charge is 0.227 e. The van der Waals surface area contributed by atoms with Crippen molar-refractivity contribution in [2.24, 2.45) is 0 Å². The second-order valence-corrected chi connectivity index (χ2v) is 6.38. The number of rotatable bonds is 3. The Kier molecular flexibility index (Phi) is 4.14. The lowest BCUT2D eigenvalue weighted by Gasteiger charge is -2.36. The van der Waals surface area contributed by atoms with Gasteiger partial charge in [-0.25, -0.2) is 4.39 Å². The van der Waals surface area contributed by atoms with Crippen LogP contribution in [0.4, 0.5) is 10.1 Å². The van der Waals surface area contributed by atoms with Crippen molar-refractivity contribution in [3.8, 4) is 0 Å². The van der Waals surface area contributed by atoms with E-state index in [0.717, 1.165) is 35.2 Å². The second kappa shape index (κ2) is 6.59. The Labute approximate surface area is 145 Å². The minimum Gasteiger partial charge on any atom is -0.368 e. The summed E-state index contributed by atoms with van der Waals surface area (Å²) in [4.78, 5) is 19.9. The van der Waals surface area contributed by atoms with Crippen LogP contribution in [-0.2, 0) is 11.2 Å². The predicted molar refractivity (Wildman–Crippen MR) is 97.2 cm³/mol. The number of fused-ring (bicyclic) bond motifs is 1. The summed E-state index contributed by atoms with van der Waals surface area (Å²) >= 11 is 0. The lowest BCUT2D eigenvalue weighted by atomic mass is 10.1. The fraction of sp³-hybridized carbons (Fsp3) is 0.250. The topological polar surface area (TPSA) is 39.3 Å². The molecule has 0 radical (unpaired) electrons. The van der Waals surface area contributed by atoms with E-state index in [-0.39, 0.29) is 11.7 Å². The molecule has 128 valence electrons. The Hall–Kier alpha value is -2.82. The van der Waals surface area contributed by atoms with Gasteiger partial charge >= 0.3 is 0 Å². The molecule has 4 rings (SSSR count). The first-order valence-corrected chi connectivity index (χ1v) is 8.54. The lowest BCUT2D eigenvalue weighted by molar-refractivity contribution is -0.130. The largest absolute Gasteiger partial charge is 0.368 e. The zero-order valence-corrected chi connectivity index (χ0v) is 13.9. The van der Waals surface area contributed by atoms with Gasteiger partial charge in [-0.3, -0.25) is 4.79 Å². The highest BCUT2D eigenvalue weighted by molar-refractivity contribution is 5.89. The number of piperazine rings is 1. The van der Waals surface area contributed by atoms with Crippen LogP contribution < -0.4 is 4.90 Å². The number of H-pyrrole nitrogens is 1. The van der Waals surface area contributed by atoms with Crippen molar-refractivity contribution in [3.63, 3.8) is 0 Å². The molecule has 4 nitrogen and oxygen atoms in total. The molecule has 25 heavy (non-hydrogen) atoms. The lowest BCUT2D eigenvalue weighted by Crippen LogP contribution is -2.49. The monoisotopic (exact) mass is 337 g/mol. The standard InChI is InChI=1S/C20H20FN3O/c21-16-4-3-5-17(13-16)23-8-10-24(11-9-23)20(25)12-15-14-22-19-7-2-1-6-18(15)19/h1-7,13-14,22H,8-12H2. The minimum absolute atomic E-state index is 0.142. The van der Waals surface area contributed by atoms with Crippen LogP contribution in [0.3, 0.4) is 0 Å². The van der Waals surface area contributed by atoms with Crippen molar-refractivity contribution in [2.75, 3.05) is 31.1 Å². The number of para-hydroxylation sites is 1. The van der Waals surface area contributed by atoms with Crippen molar-refractivity contribution < 1.29 is 9.18 Å². The fourth-order valence-corrected chi connectivity index (χ4v) is 3.44. The maximum atomic E-state index is 13.4. The van der Waals surface area contributed by atoms with E-state index in [2.05, 4.69) is 9.88 Å². The maximum Gasteiger partial charge on any atom is 0.227 e. The number of carbonyl (C=O) groups excluding carboxylic acids is 1. The Morgan fingerprint density at radius 1 is 1.04 bits per heavy atom. The molecule has 3 aromatic rings. The van der Waals surface area contributed by atoms with Crippen LogP contribution >= 0.6 is 0 Å². The first-order chi connectivity index (χ1) is 12.2. The molecular weight excluding hydrogens is 317 g/mol. The summed E-state index contributed by atoms with van der Waals surface area (Å²) in [5, 5.41) is 1.11. The van der Waals surface area contributed by atoms with E-state index in [1.54, 1.807) is 12.1 Å². The summed E-state index contributed by atoms with van der Waals surface area (Å²) in [5.41, 5.74) is 2.97. The number of hydrogen-bond donors (Lipinski definition) is 1. The second-order valence-electron chi connectivity index (χ2n) is 6.38. The van der Waals surface area contributed by atoms with Crippen LogP contribution in [0.5, 0.6) is 0 Å². The van der Waals surface area contributed by atoms with Crippen molar-refractivity contribution >= 4 is 22.5 Å². The normalized spacial score (nSPS) is 14.9. The molecule has 1 amide bonds. The Balaban J connectivity index is 1.40. The molecule has 1 aliphatic heterocycles. The summed E-state index contributed by atoms with van der Waals surface area (Å²) in [7, 11) is 0. The molecule has 0 saturated carbocycles. The van der Waals surface area contributed by atoms with Crippen molar-refractivity contribution in [1.29, 1.82) is 0 Å². The van der Waals surface area contributed by atoms with Crippen LogP contribution in [0.2, 0.25) is 0 Å². The number of amides is 1. The van der Waals surface area contributed by atoms with Gasteiger partial charge in [0.1, 0.15) is 5.82 Å². The average molecular weight is 337 g/mol. The number of halogens is 1. The number of carbonyl (C=O) groups is 1. The molecule has 0 aliphatic carbocycles. The van der Waals surface area contributed by atoms with E-state index in [0.29, 0.717) is 19.5 Å². The third kappa shape index (κ3) is 3.22. The quantitative estimate of drug-likeness (QED) is 0.797.